The summed E-state index contributed by atoms with van der Waals surface area (Å²) in [6.45, 7) is 0. The number of hydrogen-bond acceptors (Lipinski definition) is 8. The number of fused-ring (bicyclic) bond motifs is 1. The van der Waals surface area contributed by atoms with Crippen molar-refractivity contribution < 1.29 is 14.2 Å². The number of aromatic nitrogens is 3. The van der Waals surface area contributed by atoms with Crippen molar-refractivity contribution in [2.45, 2.75) is 0 Å². The SMILES string of the molecule is COc1cc(Nc2ncnc(N(C)c3cccc4ccccc34)n2)cc(OC)c1OC. The average Bonchev–Trinajstić information content (AvgIpc) is 2.82. The summed E-state index contributed by atoms with van der Waals surface area (Å²) in [5.41, 5.74) is 1.70. The zero-order chi connectivity index (χ0) is 21.8. The predicted molar refractivity (Wildman–Crippen MR) is 121 cm³/mol. The second-order valence-electron chi connectivity index (χ2n) is 6.71. The minimum atomic E-state index is 0.395. The molecule has 0 atom stereocenters. The standard InChI is InChI=1S/C23H23N5O3/c1-28(18-11-7-9-15-8-5-6-10-17(15)18)23-25-14-24-22(27-23)26-16-12-19(29-2)21(31-4)20(13-16)30-3/h5-14H,1-4H3,(H,24,25,26,27). The van der Waals surface area contributed by atoms with E-state index in [-0.39, 0.29) is 0 Å². The highest BCUT2D eigenvalue weighted by Gasteiger charge is 2.15. The number of ether oxygens (including phenoxy) is 3. The summed E-state index contributed by atoms with van der Waals surface area (Å²) >= 11 is 0. The molecule has 158 valence electrons. The Morgan fingerprint density at radius 3 is 2.26 bits per heavy atom. The third kappa shape index (κ3) is 4.00. The molecule has 31 heavy (non-hydrogen) atoms. The Bertz CT molecular complexity index is 1180. The van der Waals surface area contributed by atoms with Gasteiger partial charge in [-0.15, -0.1) is 0 Å². The molecule has 0 spiro atoms. The van der Waals surface area contributed by atoms with Crippen molar-refractivity contribution in [3.63, 3.8) is 0 Å². The molecule has 0 saturated heterocycles. The quantitative estimate of drug-likeness (QED) is 0.469. The van der Waals surface area contributed by atoms with Crippen molar-refractivity contribution in [1.82, 2.24) is 15.0 Å². The highest BCUT2D eigenvalue weighted by molar-refractivity contribution is 5.95. The summed E-state index contributed by atoms with van der Waals surface area (Å²) in [5, 5.41) is 5.45. The van der Waals surface area contributed by atoms with Crippen LogP contribution in [0, 0.1) is 0 Å². The lowest BCUT2D eigenvalue weighted by molar-refractivity contribution is 0.324. The highest BCUT2D eigenvalue weighted by atomic mass is 16.5. The fourth-order valence-corrected chi connectivity index (χ4v) is 3.40. The first-order chi connectivity index (χ1) is 15.1. The van der Waals surface area contributed by atoms with Gasteiger partial charge in [0.15, 0.2) is 11.5 Å². The van der Waals surface area contributed by atoms with E-state index in [4.69, 9.17) is 14.2 Å². The second kappa shape index (κ2) is 8.74. The summed E-state index contributed by atoms with van der Waals surface area (Å²) in [4.78, 5) is 15.1. The molecule has 8 nitrogen and oxygen atoms in total. The van der Waals surface area contributed by atoms with E-state index in [9.17, 15) is 0 Å². The lowest BCUT2D eigenvalue weighted by atomic mass is 10.1. The molecular formula is C23H23N5O3. The molecule has 0 aliphatic heterocycles. The van der Waals surface area contributed by atoms with Crippen molar-refractivity contribution >= 4 is 34.0 Å². The van der Waals surface area contributed by atoms with E-state index < -0.39 is 0 Å². The van der Waals surface area contributed by atoms with Crippen LogP contribution in [0.15, 0.2) is 60.9 Å². The van der Waals surface area contributed by atoms with Crippen molar-refractivity contribution in [1.29, 1.82) is 0 Å². The highest BCUT2D eigenvalue weighted by Crippen LogP contribution is 2.40. The van der Waals surface area contributed by atoms with Gasteiger partial charge < -0.3 is 24.4 Å². The molecule has 0 radical (unpaired) electrons. The maximum atomic E-state index is 5.41. The Morgan fingerprint density at radius 1 is 0.839 bits per heavy atom. The third-order valence-electron chi connectivity index (χ3n) is 4.91. The van der Waals surface area contributed by atoms with Crippen LogP contribution in [0.2, 0.25) is 0 Å². The normalized spacial score (nSPS) is 10.6. The Balaban J connectivity index is 1.66. The van der Waals surface area contributed by atoms with Gasteiger partial charge in [0.1, 0.15) is 6.33 Å². The van der Waals surface area contributed by atoms with E-state index >= 15 is 0 Å². The number of nitrogens with zero attached hydrogens (tertiary/aromatic N) is 4. The molecule has 1 aromatic heterocycles. The Hall–Kier alpha value is -4.07. The third-order valence-corrected chi connectivity index (χ3v) is 4.91. The summed E-state index contributed by atoms with van der Waals surface area (Å²) in [7, 11) is 6.64. The van der Waals surface area contributed by atoms with Crippen LogP contribution in [0.25, 0.3) is 10.8 Å². The molecule has 0 amide bonds. The minimum absolute atomic E-state index is 0.395. The minimum Gasteiger partial charge on any atom is -0.493 e. The molecule has 1 N–H and O–H groups in total. The largest absolute Gasteiger partial charge is 0.493 e. The average molecular weight is 417 g/mol. The van der Waals surface area contributed by atoms with Gasteiger partial charge in [0.2, 0.25) is 17.6 Å². The van der Waals surface area contributed by atoms with Gasteiger partial charge >= 0.3 is 0 Å². The summed E-state index contributed by atoms with van der Waals surface area (Å²) < 4.78 is 16.2. The number of methoxy groups -OCH3 is 3. The number of benzene rings is 3. The molecule has 0 aliphatic rings. The van der Waals surface area contributed by atoms with Crippen molar-refractivity contribution in [3.8, 4) is 17.2 Å². The smallest absolute Gasteiger partial charge is 0.234 e. The molecule has 4 rings (SSSR count). The fourth-order valence-electron chi connectivity index (χ4n) is 3.40. The van der Waals surface area contributed by atoms with E-state index in [1.165, 1.54) is 6.33 Å². The first-order valence-electron chi connectivity index (χ1n) is 9.62. The molecule has 3 aromatic carbocycles. The van der Waals surface area contributed by atoms with Crippen LogP contribution < -0.4 is 24.4 Å². The molecular weight excluding hydrogens is 394 g/mol. The van der Waals surface area contributed by atoms with Gasteiger partial charge in [-0.1, -0.05) is 36.4 Å². The van der Waals surface area contributed by atoms with Crippen LogP contribution in [-0.4, -0.2) is 43.3 Å². The van der Waals surface area contributed by atoms with E-state index in [1.807, 2.05) is 36.2 Å². The topological polar surface area (TPSA) is 81.6 Å². The van der Waals surface area contributed by atoms with Crippen LogP contribution in [0.3, 0.4) is 0 Å². The van der Waals surface area contributed by atoms with Crippen molar-refractivity contribution in [2.24, 2.45) is 0 Å². The predicted octanol–water partition coefficient (Wildman–Crippen LogP) is 4.56. The summed E-state index contributed by atoms with van der Waals surface area (Å²) in [5.74, 6) is 2.49. The molecule has 8 heteroatoms. The number of nitrogens with one attached hydrogen (secondary N) is 1. The Kier molecular flexibility index (Phi) is 5.70. The van der Waals surface area contributed by atoms with Crippen LogP contribution >= 0.6 is 0 Å². The first kappa shape index (κ1) is 20.2. The monoisotopic (exact) mass is 417 g/mol. The van der Waals surface area contributed by atoms with E-state index in [0.29, 0.717) is 34.8 Å². The first-order valence-corrected chi connectivity index (χ1v) is 9.62. The van der Waals surface area contributed by atoms with Gasteiger partial charge in [-0.25, -0.2) is 9.97 Å². The summed E-state index contributed by atoms with van der Waals surface area (Å²) in [6, 6.07) is 17.9. The van der Waals surface area contributed by atoms with Crippen LogP contribution in [0.1, 0.15) is 0 Å². The maximum Gasteiger partial charge on any atom is 0.234 e. The maximum absolute atomic E-state index is 5.41. The van der Waals surface area contributed by atoms with Gasteiger partial charge in [0.05, 0.1) is 27.0 Å². The molecule has 0 fully saturated rings. The molecule has 1 heterocycles. The lowest BCUT2D eigenvalue weighted by Gasteiger charge is -2.19. The van der Waals surface area contributed by atoms with Gasteiger partial charge in [-0.3, -0.25) is 0 Å². The number of anilines is 4. The zero-order valence-corrected chi connectivity index (χ0v) is 17.8. The van der Waals surface area contributed by atoms with Gasteiger partial charge in [0, 0.05) is 30.3 Å². The van der Waals surface area contributed by atoms with Gasteiger partial charge in [-0.2, -0.15) is 4.98 Å². The molecule has 4 aromatic rings. The molecule has 0 bridgehead atoms. The zero-order valence-electron chi connectivity index (χ0n) is 17.8. The van der Waals surface area contributed by atoms with Crippen LogP contribution in [0.5, 0.6) is 17.2 Å². The lowest BCUT2D eigenvalue weighted by Crippen LogP contribution is -2.14. The van der Waals surface area contributed by atoms with Crippen LogP contribution in [-0.2, 0) is 0 Å². The van der Waals surface area contributed by atoms with Gasteiger partial charge in [0.25, 0.3) is 0 Å². The van der Waals surface area contributed by atoms with Crippen molar-refractivity contribution in [3.05, 3.63) is 60.9 Å². The second-order valence-corrected chi connectivity index (χ2v) is 6.71. The van der Waals surface area contributed by atoms with E-state index in [0.717, 1.165) is 16.5 Å². The molecule has 0 unspecified atom stereocenters. The van der Waals surface area contributed by atoms with Gasteiger partial charge in [-0.05, 0) is 11.5 Å². The number of rotatable bonds is 7. The number of hydrogen-bond donors (Lipinski definition) is 1. The van der Waals surface area contributed by atoms with Crippen LogP contribution in [0.4, 0.5) is 23.3 Å². The summed E-state index contributed by atoms with van der Waals surface area (Å²) in [6.07, 6.45) is 1.48. The Morgan fingerprint density at radius 2 is 1.55 bits per heavy atom. The molecule has 0 aliphatic carbocycles. The fraction of sp³-hybridized carbons (Fsp3) is 0.174. The van der Waals surface area contributed by atoms with E-state index in [2.05, 4.69) is 38.5 Å². The van der Waals surface area contributed by atoms with Crippen molar-refractivity contribution in [2.75, 3.05) is 38.6 Å². The molecule has 0 saturated carbocycles. The Labute approximate surface area is 180 Å². The van der Waals surface area contributed by atoms with E-state index in [1.54, 1.807) is 33.5 Å².